The van der Waals surface area contributed by atoms with Gasteiger partial charge in [-0.05, 0) is 17.9 Å². The zero-order valence-corrected chi connectivity index (χ0v) is 11.2. The van der Waals surface area contributed by atoms with Gasteiger partial charge in [0.1, 0.15) is 11.5 Å². The van der Waals surface area contributed by atoms with Gasteiger partial charge in [0, 0.05) is 18.7 Å². The lowest BCUT2D eigenvalue weighted by Gasteiger charge is -2.20. The van der Waals surface area contributed by atoms with Gasteiger partial charge < -0.3 is 15.1 Å². The van der Waals surface area contributed by atoms with Crippen molar-refractivity contribution in [3.8, 4) is 11.8 Å². The molecule has 0 unspecified atom stereocenters. The summed E-state index contributed by atoms with van der Waals surface area (Å²) in [4.78, 5) is 14.5. The van der Waals surface area contributed by atoms with Crippen LogP contribution < -0.4 is 0 Å². The fraction of sp³-hybridized carbons (Fsp3) is 0.462. The van der Waals surface area contributed by atoms with E-state index in [2.05, 4.69) is 11.8 Å². The van der Waals surface area contributed by atoms with Crippen molar-refractivity contribution in [3.63, 3.8) is 0 Å². The number of aliphatic hydroxyl groups is 2. The molecule has 1 heterocycles. The van der Waals surface area contributed by atoms with Crippen LogP contribution in [0.5, 0.6) is 0 Å². The highest BCUT2D eigenvalue weighted by Gasteiger charge is 2.18. The minimum Gasteiger partial charge on any atom is -0.395 e. The van der Waals surface area contributed by atoms with Gasteiger partial charge in [0.15, 0.2) is 0 Å². The van der Waals surface area contributed by atoms with Crippen LogP contribution >= 0.6 is 11.3 Å². The molecule has 0 aliphatic carbocycles. The van der Waals surface area contributed by atoms with Crippen LogP contribution in [0.25, 0.3) is 0 Å². The fourth-order valence-corrected chi connectivity index (χ4v) is 2.37. The summed E-state index contributed by atoms with van der Waals surface area (Å²) in [5, 5.41) is 19.4. The van der Waals surface area contributed by atoms with Crippen LogP contribution in [0.4, 0.5) is 0 Å². The first-order valence-electron chi connectivity index (χ1n) is 5.82. The second-order valence-corrected chi connectivity index (χ2v) is 4.56. The van der Waals surface area contributed by atoms with Crippen molar-refractivity contribution in [2.45, 2.75) is 13.3 Å². The molecule has 1 rings (SSSR count). The highest BCUT2D eigenvalue weighted by atomic mass is 32.1. The average Bonchev–Trinajstić information content (AvgIpc) is 2.83. The number of amides is 1. The summed E-state index contributed by atoms with van der Waals surface area (Å²) in [6, 6.07) is 1.77. The number of hydrogen-bond donors (Lipinski definition) is 2. The molecule has 0 spiro atoms. The van der Waals surface area contributed by atoms with Gasteiger partial charge in [-0.25, -0.2) is 0 Å². The number of carbonyl (C=O) groups is 1. The Balaban J connectivity index is 2.90. The van der Waals surface area contributed by atoms with E-state index < -0.39 is 0 Å². The summed E-state index contributed by atoms with van der Waals surface area (Å²) in [7, 11) is 0. The molecule has 18 heavy (non-hydrogen) atoms. The monoisotopic (exact) mass is 267 g/mol. The van der Waals surface area contributed by atoms with Gasteiger partial charge in [0.25, 0.3) is 5.91 Å². The average molecular weight is 267 g/mol. The molecule has 0 aliphatic heterocycles. The third-order valence-corrected chi connectivity index (χ3v) is 3.21. The van der Waals surface area contributed by atoms with Gasteiger partial charge in [-0.1, -0.05) is 18.8 Å². The standard InChI is InChI=1S/C13H17NO3S/c1-2-6-14(7-9-16)13(17)12-11(4-3-8-15)5-10-18-12/h5,10,15-16H,2,6-9H2,1H3. The molecular formula is C13H17NO3S. The Labute approximate surface area is 111 Å². The molecule has 0 saturated carbocycles. The maximum Gasteiger partial charge on any atom is 0.265 e. The number of rotatable bonds is 5. The van der Waals surface area contributed by atoms with Crippen LogP contribution in [0.1, 0.15) is 28.6 Å². The molecule has 1 amide bonds. The van der Waals surface area contributed by atoms with Crippen LogP contribution in [0, 0.1) is 11.8 Å². The number of carbonyl (C=O) groups excluding carboxylic acids is 1. The van der Waals surface area contributed by atoms with Gasteiger partial charge in [-0.3, -0.25) is 4.79 Å². The van der Waals surface area contributed by atoms with Crippen molar-refractivity contribution in [3.05, 3.63) is 21.9 Å². The van der Waals surface area contributed by atoms with Crippen LogP contribution in [-0.2, 0) is 0 Å². The van der Waals surface area contributed by atoms with E-state index in [1.807, 2.05) is 6.92 Å². The van der Waals surface area contributed by atoms with E-state index >= 15 is 0 Å². The van der Waals surface area contributed by atoms with Crippen molar-refractivity contribution in [2.75, 3.05) is 26.3 Å². The Morgan fingerprint density at radius 3 is 2.83 bits per heavy atom. The molecule has 0 radical (unpaired) electrons. The number of hydrogen-bond acceptors (Lipinski definition) is 4. The molecule has 0 atom stereocenters. The highest BCUT2D eigenvalue weighted by molar-refractivity contribution is 7.12. The second kappa shape index (κ2) is 7.88. The fourth-order valence-electron chi connectivity index (χ4n) is 1.56. The van der Waals surface area contributed by atoms with Gasteiger partial charge in [0.05, 0.1) is 6.61 Å². The Morgan fingerprint density at radius 2 is 2.22 bits per heavy atom. The van der Waals surface area contributed by atoms with E-state index in [9.17, 15) is 4.79 Å². The maximum absolute atomic E-state index is 12.3. The van der Waals surface area contributed by atoms with E-state index in [1.54, 1.807) is 16.3 Å². The predicted octanol–water partition coefficient (Wildman–Crippen LogP) is 0.936. The van der Waals surface area contributed by atoms with Gasteiger partial charge in [0.2, 0.25) is 0 Å². The molecule has 0 aliphatic rings. The Kier molecular flexibility index (Phi) is 6.44. The van der Waals surface area contributed by atoms with Crippen molar-refractivity contribution < 1.29 is 15.0 Å². The van der Waals surface area contributed by atoms with E-state index in [0.29, 0.717) is 23.5 Å². The van der Waals surface area contributed by atoms with Crippen LogP contribution in [0.3, 0.4) is 0 Å². The van der Waals surface area contributed by atoms with Gasteiger partial charge >= 0.3 is 0 Å². The molecule has 5 heteroatoms. The number of nitrogens with zero attached hydrogens (tertiary/aromatic N) is 1. The molecule has 0 aromatic carbocycles. The molecule has 1 aromatic heterocycles. The summed E-state index contributed by atoms with van der Waals surface area (Å²) in [6.45, 7) is 2.66. The minimum atomic E-state index is -0.223. The van der Waals surface area contributed by atoms with Crippen LogP contribution in [0.15, 0.2) is 11.4 Å². The van der Waals surface area contributed by atoms with E-state index in [-0.39, 0.29) is 19.1 Å². The topological polar surface area (TPSA) is 60.8 Å². The third-order valence-electron chi connectivity index (χ3n) is 2.31. The largest absolute Gasteiger partial charge is 0.395 e. The van der Waals surface area contributed by atoms with Crippen LogP contribution in [-0.4, -0.2) is 47.3 Å². The number of thiophene rings is 1. The Hall–Kier alpha value is -1.35. The zero-order valence-electron chi connectivity index (χ0n) is 10.3. The molecule has 0 fully saturated rings. The predicted molar refractivity (Wildman–Crippen MR) is 71.6 cm³/mol. The second-order valence-electron chi connectivity index (χ2n) is 3.64. The minimum absolute atomic E-state index is 0.0469. The maximum atomic E-state index is 12.3. The van der Waals surface area contributed by atoms with Crippen molar-refractivity contribution in [1.29, 1.82) is 0 Å². The molecule has 4 nitrogen and oxygen atoms in total. The summed E-state index contributed by atoms with van der Waals surface area (Å²) in [6.07, 6.45) is 0.842. The summed E-state index contributed by atoms with van der Waals surface area (Å²) < 4.78 is 0. The van der Waals surface area contributed by atoms with Crippen LogP contribution in [0.2, 0.25) is 0 Å². The van der Waals surface area contributed by atoms with Gasteiger partial charge in [-0.15, -0.1) is 11.3 Å². The van der Waals surface area contributed by atoms with E-state index in [4.69, 9.17) is 10.2 Å². The van der Waals surface area contributed by atoms with E-state index in [1.165, 1.54) is 11.3 Å². The lowest BCUT2D eigenvalue weighted by Crippen LogP contribution is -2.34. The van der Waals surface area contributed by atoms with Crippen molar-refractivity contribution in [2.24, 2.45) is 0 Å². The third kappa shape index (κ3) is 3.84. The first kappa shape index (κ1) is 14.7. The summed E-state index contributed by atoms with van der Waals surface area (Å²) in [5.74, 6) is 5.20. The van der Waals surface area contributed by atoms with Crippen molar-refractivity contribution >= 4 is 17.2 Å². The Bertz CT molecular complexity index is 439. The lowest BCUT2D eigenvalue weighted by molar-refractivity contribution is 0.0726. The highest BCUT2D eigenvalue weighted by Crippen LogP contribution is 2.18. The lowest BCUT2D eigenvalue weighted by atomic mass is 10.2. The summed E-state index contributed by atoms with van der Waals surface area (Å²) >= 11 is 1.33. The molecule has 98 valence electrons. The first-order chi connectivity index (χ1) is 8.74. The smallest absolute Gasteiger partial charge is 0.265 e. The van der Waals surface area contributed by atoms with E-state index in [0.717, 1.165) is 6.42 Å². The van der Waals surface area contributed by atoms with Crippen molar-refractivity contribution in [1.82, 2.24) is 4.90 Å². The molecule has 2 N–H and O–H groups in total. The normalized spacial score (nSPS) is 9.72. The quantitative estimate of drug-likeness (QED) is 0.780. The number of aliphatic hydroxyl groups excluding tert-OH is 2. The Morgan fingerprint density at radius 1 is 1.44 bits per heavy atom. The molecular weight excluding hydrogens is 250 g/mol. The molecule has 0 saturated heterocycles. The zero-order chi connectivity index (χ0) is 13.4. The van der Waals surface area contributed by atoms with Gasteiger partial charge in [-0.2, -0.15) is 0 Å². The molecule has 1 aromatic rings. The molecule has 0 bridgehead atoms. The SMILES string of the molecule is CCCN(CCO)C(=O)c1sccc1C#CCO. The summed E-state index contributed by atoms with van der Waals surface area (Å²) in [5.41, 5.74) is 0.637. The first-order valence-corrected chi connectivity index (χ1v) is 6.69.